The van der Waals surface area contributed by atoms with Crippen molar-refractivity contribution >= 4 is 55.9 Å². The van der Waals surface area contributed by atoms with Gasteiger partial charge in [-0.05, 0) is 36.4 Å². The summed E-state index contributed by atoms with van der Waals surface area (Å²) in [5, 5.41) is 1.32. The van der Waals surface area contributed by atoms with Gasteiger partial charge < -0.3 is 4.42 Å². The maximum atomic E-state index is 13.8. The SMILES string of the molecule is O=C(c1cc2cc(Cl)cc(Cl)c2o1)c1ccc(Br)cc1F. The number of carbonyl (C=O) groups excluding carboxylic acids is 1. The Bertz CT molecular complexity index is 873. The van der Waals surface area contributed by atoms with Gasteiger partial charge in [-0.3, -0.25) is 4.79 Å². The van der Waals surface area contributed by atoms with Crippen LogP contribution in [0.15, 0.2) is 45.3 Å². The maximum absolute atomic E-state index is 13.8. The number of carbonyl (C=O) groups is 1. The third kappa shape index (κ3) is 2.71. The number of hydrogen-bond acceptors (Lipinski definition) is 2. The van der Waals surface area contributed by atoms with Gasteiger partial charge in [-0.1, -0.05) is 39.1 Å². The first-order valence-electron chi connectivity index (χ1n) is 5.84. The van der Waals surface area contributed by atoms with Crippen molar-refractivity contribution in [2.45, 2.75) is 0 Å². The molecule has 0 amide bonds. The van der Waals surface area contributed by atoms with Crippen LogP contribution in [0.3, 0.4) is 0 Å². The van der Waals surface area contributed by atoms with Crippen LogP contribution in [0.4, 0.5) is 4.39 Å². The lowest BCUT2D eigenvalue weighted by Crippen LogP contribution is -2.02. The molecule has 0 radical (unpaired) electrons. The average molecular weight is 388 g/mol. The van der Waals surface area contributed by atoms with Crippen LogP contribution in [0.25, 0.3) is 11.0 Å². The minimum absolute atomic E-state index is 0.00962. The molecule has 0 aliphatic rings. The van der Waals surface area contributed by atoms with Crippen LogP contribution in [0.1, 0.15) is 16.1 Å². The number of ketones is 1. The fraction of sp³-hybridized carbons (Fsp3) is 0. The first-order valence-corrected chi connectivity index (χ1v) is 7.39. The molecule has 1 aromatic heterocycles. The fourth-order valence-electron chi connectivity index (χ4n) is 1.99. The third-order valence-electron chi connectivity index (χ3n) is 2.94. The zero-order chi connectivity index (χ0) is 15.1. The van der Waals surface area contributed by atoms with Gasteiger partial charge >= 0.3 is 0 Å². The number of fused-ring (bicyclic) bond motifs is 1. The van der Waals surface area contributed by atoms with Crippen LogP contribution < -0.4 is 0 Å². The third-order valence-corrected chi connectivity index (χ3v) is 3.93. The second kappa shape index (κ2) is 5.44. The fourth-order valence-corrected chi connectivity index (χ4v) is 2.87. The highest BCUT2D eigenvalue weighted by atomic mass is 79.9. The molecule has 0 unspecified atom stereocenters. The van der Waals surface area contributed by atoms with Gasteiger partial charge in [-0.25, -0.2) is 4.39 Å². The van der Waals surface area contributed by atoms with E-state index in [1.165, 1.54) is 24.3 Å². The molecule has 2 nitrogen and oxygen atoms in total. The van der Waals surface area contributed by atoms with Crippen molar-refractivity contribution in [3.8, 4) is 0 Å². The molecule has 106 valence electrons. The molecular formula is C15H6BrCl2FO2. The van der Waals surface area contributed by atoms with Crippen LogP contribution in [0, 0.1) is 5.82 Å². The summed E-state index contributed by atoms with van der Waals surface area (Å²) in [5.74, 6) is -1.17. The average Bonchev–Trinajstić information content (AvgIpc) is 2.82. The van der Waals surface area contributed by atoms with E-state index in [2.05, 4.69) is 15.9 Å². The van der Waals surface area contributed by atoms with E-state index in [1.807, 2.05) is 0 Å². The van der Waals surface area contributed by atoms with Crippen LogP contribution in [0.2, 0.25) is 10.0 Å². The van der Waals surface area contributed by atoms with E-state index in [4.69, 9.17) is 27.6 Å². The smallest absolute Gasteiger partial charge is 0.231 e. The predicted octanol–water partition coefficient (Wildman–Crippen LogP) is 5.87. The van der Waals surface area contributed by atoms with E-state index < -0.39 is 11.6 Å². The molecule has 2 aromatic carbocycles. The molecule has 0 aliphatic carbocycles. The highest BCUT2D eigenvalue weighted by molar-refractivity contribution is 9.10. The molecule has 0 fully saturated rings. The summed E-state index contributed by atoms with van der Waals surface area (Å²) < 4.78 is 19.8. The summed E-state index contributed by atoms with van der Waals surface area (Å²) in [5.41, 5.74) is 0.279. The second-order valence-corrected chi connectivity index (χ2v) is 6.13. The van der Waals surface area contributed by atoms with Crippen molar-refractivity contribution < 1.29 is 13.6 Å². The van der Waals surface area contributed by atoms with Crippen molar-refractivity contribution in [1.82, 2.24) is 0 Å². The highest BCUT2D eigenvalue weighted by Gasteiger charge is 2.19. The Balaban J connectivity index is 2.11. The van der Waals surface area contributed by atoms with E-state index in [0.29, 0.717) is 25.5 Å². The highest BCUT2D eigenvalue weighted by Crippen LogP contribution is 2.31. The van der Waals surface area contributed by atoms with E-state index in [9.17, 15) is 9.18 Å². The van der Waals surface area contributed by atoms with Crippen molar-refractivity contribution in [1.29, 1.82) is 0 Å². The van der Waals surface area contributed by atoms with Gasteiger partial charge in [0.05, 0.1) is 10.6 Å². The van der Waals surface area contributed by atoms with Crippen molar-refractivity contribution in [3.63, 3.8) is 0 Å². The second-order valence-electron chi connectivity index (χ2n) is 4.37. The van der Waals surface area contributed by atoms with Gasteiger partial charge in [0, 0.05) is 14.9 Å². The molecule has 0 saturated carbocycles. The lowest BCUT2D eigenvalue weighted by atomic mass is 10.1. The molecular weight excluding hydrogens is 382 g/mol. The Morgan fingerprint density at radius 2 is 1.90 bits per heavy atom. The number of halogens is 4. The Morgan fingerprint density at radius 3 is 2.62 bits per heavy atom. The Hall–Kier alpha value is -1.36. The van der Waals surface area contributed by atoms with Gasteiger partial charge in [0.25, 0.3) is 0 Å². The molecule has 3 aromatic rings. The largest absolute Gasteiger partial charge is 0.451 e. The molecule has 3 rings (SSSR count). The van der Waals surface area contributed by atoms with E-state index in [1.54, 1.807) is 12.1 Å². The zero-order valence-corrected chi connectivity index (χ0v) is 13.4. The van der Waals surface area contributed by atoms with Gasteiger partial charge in [-0.15, -0.1) is 0 Å². The number of hydrogen-bond donors (Lipinski definition) is 0. The molecule has 0 spiro atoms. The summed E-state index contributed by atoms with van der Waals surface area (Å²) >= 11 is 15.0. The molecule has 6 heteroatoms. The molecule has 0 saturated heterocycles. The number of furan rings is 1. The molecule has 0 atom stereocenters. The Morgan fingerprint density at radius 1 is 1.14 bits per heavy atom. The number of benzene rings is 2. The maximum Gasteiger partial charge on any atom is 0.231 e. The Kier molecular flexibility index (Phi) is 3.78. The van der Waals surface area contributed by atoms with E-state index in [0.717, 1.165) is 0 Å². The molecule has 1 heterocycles. The lowest BCUT2D eigenvalue weighted by molar-refractivity contribution is 0.101. The summed E-state index contributed by atoms with van der Waals surface area (Å²) in [7, 11) is 0. The molecule has 0 aliphatic heterocycles. The van der Waals surface area contributed by atoms with Crippen LogP contribution in [-0.2, 0) is 0 Å². The lowest BCUT2D eigenvalue weighted by Gasteiger charge is -2.00. The number of rotatable bonds is 2. The normalized spacial score (nSPS) is 11.0. The molecule has 0 N–H and O–H groups in total. The minimum Gasteiger partial charge on any atom is -0.451 e. The molecule has 21 heavy (non-hydrogen) atoms. The van der Waals surface area contributed by atoms with Crippen molar-refractivity contribution in [3.05, 3.63) is 68.1 Å². The first-order chi connectivity index (χ1) is 9.95. The van der Waals surface area contributed by atoms with Crippen LogP contribution in [0.5, 0.6) is 0 Å². The van der Waals surface area contributed by atoms with Crippen molar-refractivity contribution in [2.24, 2.45) is 0 Å². The first kappa shape index (κ1) is 14.6. The van der Waals surface area contributed by atoms with Gasteiger partial charge in [0.1, 0.15) is 5.82 Å². The van der Waals surface area contributed by atoms with E-state index >= 15 is 0 Å². The van der Waals surface area contributed by atoms with Crippen LogP contribution >= 0.6 is 39.1 Å². The summed E-state index contributed by atoms with van der Waals surface area (Å²) in [4.78, 5) is 12.3. The zero-order valence-electron chi connectivity index (χ0n) is 10.3. The topological polar surface area (TPSA) is 30.2 Å². The molecule has 0 bridgehead atoms. The minimum atomic E-state index is -0.626. The summed E-state index contributed by atoms with van der Waals surface area (Å²) in [6.45, 7) is 0. The van der Waals surface area contributed by atoms with Gasteiger partial charge in [0.15, 0.2) is 11.3 Å². The van der Waals surface area contributed by atoms with Gasteiger partial charge in [-0.2, -0.15) is 0 Å². The predicted molar refractivity (Wildman–Crippen MR) is 83.8 cm³/mol. The van der Waals surface area contributed by atoms with Crippen LogP contribution in [-0.4, -0.2) is 5.78 Å². The summed E-state index contributed by atoms with van der Waals surface area (Å²) in [6, 6.07) is 8.84. The quantitative estimate of drug-likeness (QED) is 0.514. The van der Waals surface area contributed by atoms with E-state index in [-0.39, 0.29) is 11.3 Å². The van der Waals surface area contributed by atoms with Crippen molar-refractivity contribution in [2.75, 3.05) is 0 Å². The summed E-state index contributed by atoms with van der Waals surface area (Å²) in [6.07, 6.45) is 0. The Labute approximate surface area is 137 Å². The standard InChI is InChI=1S/C15H6BrCl2FO2/c16-8-1-2-10(12(19)5-8)14(20)13-4-7-3-9(17)6-11(18)15(7)21-13/h1-6H. The van der Waals surface area contributed by atoms with Gasteiger partial charge in [0.2, 0.25) is 5.78 Å². The monoisotopic (exact) mass is 386 g/mol.